The summed E-state index contributed by atoms with van der Waals surface area (Å²) in [6.07, 6.45) is 3.01. The Morgan fingerprint density at radius 2 is 1.66 bits per heavy atom. The van der Waals surface area contributed by atoms with Gasteiger partial charge in [0.2, 0.25) is 10.0 Å². The summed E-state index contributed by atoms with van der Waals surface area (Å²) < 4.78 is 54.5. The molecule has 8 heteroatoms. The van der Waals surface area contributed by atoms with Gasteiger partial charge < -0.3 is 0 Å². The average Bonchev–Trinajstić information content (AvgIpc) is 2.71. The molecule has 0 bridgehead atoms. The van der Waals surface area contributed by atoms with Crippen molar-refractivity contribution in [3.8, 4) is 0 Å². The van der Waals surface area contributed by atoms with Crippen molar-refractivity contribution >= 4 is 21.6 Å². The topological polar surface area (TPSA) is 49.4 Å². The maximum atomic E-state index is 13.4. The second kappa shape index (κ2) is 9.98. The van der Waals surface area contributed by atoms with Crippen LogP contribution in [0.5, 0.6) is 0 Å². The molecule has 2 aromatic carbocycles. The molecule has 1 saturated heterocycles. The Labute approximate surface area is 175 Å². The molecular weight excluding hydrogens is 418 g/mol. The molecular formula is C21H25ClF2N2O2S. The average molecular weight is 443 g/mol. The van der Waals surface area contributed by atoms with Crippen molar-refractivity contribution < 1.29 is 17.2 Å². The van der Waals surface area contributed by atoms with Crippen LogP contribution >= 0.6 is 11.6 Å². The molecule has 0 unspecified atom stereocenters. The number of hydrogen-bond donors (Lipinski definition) is 1. The molecule has 0 saturated carbocycles. The molecule has 2 aromatic rings. The highest BCUT2D eigenvalue weighted by Crippen LogP contribution is 2.18. The van der Waals surface area contributed by atoms with Gasteiger partial charge >= 0.3 is 0 Å². The third-order valence-corrected chi connectivity index (χ3v) is 6.94. The highest BCUT2D eigenvalue weighted by Gasteiger charge is 2.24. The van der Waals surface area contributed by atoms with Crippen LogP contribution in [-0.2, 0) is 23.0 Å². The van der Waals surface area contributed by atoms with E-state index in [1.54, 1.807) is 18.2 Å². The summed E-state index contributed by atoms with van der Waals surface area (Å²) in [6, 6.07) is 10.7. The molecule has 4 nitrogen and oxygen atoms in total. The number of hydrogen-bond acceptors (Lipinski definition) is 3. The summed E-state index contributed by atoms with van der Waals surface area (Å²) in [5.74, 6) is -1.12. The smallest absolute Gasteiger partial charge is 0.240 e. The third-order valence-electron chi connectivity index (χ3n) is 5.13. The van der Waals surface area contributed by atoms with Gasteiger partial charge in [-0.05, 0) is 61.1 Å². The van der Waals surface area contributed by atoms with E-state index in [0.29, 0.717) is 43.9 Å². The molecule has 0 aromatic heterocycles. The molecule has 158 valence electrons. The van der Waals surface area contributed by atoms with E-state index in [0.717, 1.165) is 24.5 Å². The van der Waals surface area contributed by atoms with Gasteiger partial charge in [0.1, 0.15) is 0 Å². The van der Waals surface area contributed by atoms with E-state index < -0.39 is 21.7 Å². The third kappa shape index (κ3) is 6.22. The standard InChI is InChI=1S/C21H25ClF2N2O2S/c22-11-1-2-16-3-6-19(7-4-16)29(27,28)25-18-9-12-26(13-10-18)15-17-5-8-20(23)21(24)14-17/h3-8,14,18,25H,1-2,9-13,15H2. The molecule has 0 radical (unpaired) electrons. The molecule has 1 aliphatic heterocycles. The predicted molar refractivity (Wildman–Crippen MR) is 110 cm³/mol. The van der Waals surface area contributed by atoms with Crippen LogP contribution in [0.25, 0.3) is 0 Å². The first-order chi connectivity index (χ1) is 13.9. The largest absolute Gasteiger partial charge is 0.299 e. The lowest BCUT2D eigenvalue weighted by atomic mass is 10.1. The monoisotopic (exact) mass is 442 g/mol. The van der Waals surface area contributed by atoms with Crippen molar-refractivity contribution in [2.45, 2.75) is 43.2 Å². The lowest BCUT2D eigenvalue weighted by Crippen LogP contribution is -2.44. The van der Waals surface area contributed by atoms with E-state index in [-0.39, 0.29) is 10.9 Å². The molecule has 0 spiro atoms. The maximum absolute atomic E-state index is 13.4. The molecule has 0 amide bonds. The van der Waals surface area contributed by atoms with E-state index in [1.165, 1.54) is 6.07 Å². The Bertz CT molecular complexity index is 915. The van der Waals surface area contributed by atoms with Crippen molar-refractivity contribution in [3.63, 3.8) is 0 Å². The zero-order chi connectivity index (χ0) is 20.9. The number of benzene rings is 2. The van der Waals surface area contributed by atoms with Crippen LogP contribution in [-0.4, -0.2) is 38.3 Å². The van der Waals surface area contributed by atoms with Gasteiger partial charge in [0.15, 0.2) is 11.6 Å². The minimum absolute atomic E-state index is 0.142. The first-order valence-electron chi connectivity index (χ1n) is 9.71. The quantitative estimate of drug-likeness (QED) is 0.627. The van der Waals surface area contributed by atoms with Crippen LogP contribution in [0.4, 0.5) is 8.78 Å². The van der Waals surface area contributed by atoms with Gasteiger partial charge in [0.05, 0.1) is 4.90 Å². The predicted octanol–water partition coefficient (Wildman–Crippen LogP) is 4.08. The Balaban J connectivity index is 1.52. The molecule has 1 heterocycles. The van der Waals surface area contributed by atoms with Crippen LogP contribution in [0.15, 0.2) is 47.4 Å². The lowest BCUT2D eigenvalue weighted by Gasteiger charge is -2.32. The lowest BCUT2D eigenvalue weighted by molar-refractivity contribution is 0.199. The van der Waals surface area contributed by atoms with Crippen molar-refractivity contribution in [2.24, 2.45) is 0 Å². The van der Waals surface area contributed by atoms with E-state index in [4.69, 9.17) is 11.6 Å². The second-order valence-corrected chi connectivity index (χ2v) is 9.45. The molecule has 3 rings (SSSR count). The first kappa shape index (κ1) is 22.2. The number of rotatable bonds is 8. The fourth-order valence-electron chi connectivity index (χ4n) is 3.50. The Morgan fingerprint density at radius 3 is 2.28 bits per heavy atom. The minimum atomic E-state index is -3.57. The minimum Gasteiger partial charge on any atom is -0.299 e. The van der Waals surface area contributed by atoms with Crippen LogP contribution in [0.1, 0.15) is 30.4 Å². The zero-order valence-electron chi connectivity index (χ0n) is 16.1. The Kier molecular flexibility index (Phi) is 7.62. The summed E-state index contributed by atoms with van der Waals surface area (Å²) in [4.78, 5) is 2.37. The SMILES string of the molecule is O=S(=O)(NC1CCN(Cc2ccc(F)c(F)c2)CC1)c1ccc(CCCCl)cc1. The zero-order valence-corrected chi connectivity index (χ0v) is 17.7. The van der Waals surface area contributed by atoms with Crippen molar-refractivity contribution in [1.82, 2.24) is 9.62 Å². The van der Waals surface area contributed by atoms with E-state index in [9.17, 15) is 17.2 Å². The summed E-state index contributed by atoms with van der Waals surface area (Å²) >= 11 is 5.69. The van der Waals surface area contributed by atoms with Crippen LogP contribution in [0.2, 0.25) is 0 Å². The highest BCUT2D eigenvalue weighted by molar-refractivity contribution is 7.89. The van der Waals surface area contributed by atoms with Gasteiger partial charge in [-0.25, -0.2) is 21.9 Å². The molecule has 1 N–H and O–H groups in total. The first-order valence-corrected chi connectivity index (χ1v) is 11.7. The van der Waals surface area contributed by atoms with Gasteiger partial charge in [-0.2, -0.15) is 0 Å². The number of aryl methyl sites for hydroxylation is 1. The molecule has 0 atom stereocenters. The van der Waals surface area contributed by atoms with Gasteiger partial charge in [0.25, 0.3) is 0 Å². The Morgan fingerprint density at radius 1 is 1.00 bits per heavy atom. The summed E-state index contributed by atoms with van der Waals surface area (Å²) in [5.41, 5.74) is 1.77. The van der Waals surface area contributed by atoms with Gasteiger partial charge in [-0.1, -0.05) is 18.2 Å². The Hall–Kier alpha value is -1.54. The van der Waals surface area contributed by atoms with Gasteiger partial charge in [-0.15, -0.1) is 11.6 Å². The number of alkyl halides is 1. The normalized spacial score (nSPS) is 16.2. The van der Waals surface area contributed by atoms with Crippen LogP contribution in [0, 0.1) is 11.6 Å². The van der Waals surface area contributed by atoms with Crippen molar-refractivity contribution in [1.29, 1.82) is 0 Å². The molecule has 29 heavy (non-hydrogen) atoms. The van der Waals surface area contributed by atoms with Gasteiger partial charge in [0, 0.05) is 31.6 Å². The van der Waals surface area contributed by atoms with Crippen molar-refractivity contribution in [3.05, 3.63) is 65.2 Å². The number of piperidine rings is 1. The number of halogens is 3. The van der Waals surface area contributed by atoms with E-state index >= 15 is 0 Å². The number of nitrogens with zero attached hydrogens (tertiary/aromatic N) is 1. The van der Waals surface area contributed by atoms with Crippen LogP contribution in [0.3, 0.4) is 0 Å². The fraction of sp³-hybridized carbons (Fsp3) is 0.429. The molecule has 1 fully saturated rings. The summed E-state index contributed by atoms with van der Waals surface area (Å²) in [6.45, 7) is 1.88. The highest BCUT2D eigenvalue weighted by atomic mass is 35.5. The van der Waals surface area contributed by atoms with E-state index in [2.05, 4.69) is 9.62 Å². The number of likely N-dealkylation sites (tertiary alicyclic amines) is 1. The summed E-state index contributed by atoms with van der Waals surface area (Å²) in [7, 11) is -3.57. The maximum Gasteiger partial charge on any atom is 0.240 e. The number of nitrogens with one attached hydrogen (secondary N) is 1. The fourth-order valence-corrected chi connectivity index (χ4v) is 4.94. The molecule has 0 aliphatic carbocycles. The van der Waals surface area contributed by atoms with Crippen molar-refractivity contribution in [2.75, 3.05) is 19.0 Å². The summed E-state index contributed by atoms with van der Waals surface area (Å²) in [5, 5.41) is 0. The second-order valence-electron chi connectivity index (χ2n) is 7.36. The molecule has 1 aliphatic rings. The van der Waals surface area contributed by atoms with Crippen LogP contribution < -0.4 is 4.72 Å². The van der Waals surface area contributed by atoms with E-state index in [1.807, 2.05) is 12.1 Å². The number of sulfonamides is 1. The van der Waals surface area contributed by atoms with Gasteiger partial charge in [-0.3, -0.25) is 4.90 Å².